The van der Waals surface area contributed by atoms with Gasteiger partial charge in [0.2, 0.25) is 0 Å². The van der Waals surface area contributed by atoms with Crippen LogP contribution in [0.5, 0.6) is 0 Å². The standard InChI is InChI=1S/C13H18O2/c1-10(2)13(15)12(14)9-8-11-6-4-3-5-7-11/h3-10,12-15H,1-2H3/b9-8+/t12-,13+/m1/s1. The van der Waals surface area contributed by atoms with Crippen LogP contribution in [-0.4, -0.2) is 22.4 Å². The number of aliphatic hydroxyl groups excluding tert-OH is 2. The number of benzene rings is 1. The minimum Gasteiger partial charge on any atom is -0.390 e. The lowest BCUT2D eigenvalue weighted by molar-refractivity contribution is 0.0187. The molecular weight excluding hydrogens is 188 g/mol. The second kappa shape index (κ2) is 5.69. The number of hydrogen-bond acceptors (Lipinski definition) is 2. The van der Waals surface area contributed by atoms with E-state index in [4.69, 9.17) is 0 Å². The molecule has 0 radical (unpaired) electrons. The molecule has 0 aliphatic carbocycles. The number of rotatable bonds is 4. The zero-order chi connectivity index (χ0) is 11.3. The lowest BCUT2D eigenvalue weighted by Crippen LogP contribution is -2.28. The number of aliphatic hydroxyl groups is 2. The second-order valence-corrected chi connectivity index (χ2v) is 4.00. The Labute approximate surface area is 90.9 Å². The third-order valence-corrected chi connectivity index (χ3v) is 2.32. The molecule has 0 bridgehead atoms. The van der Waals surface area contributed by atoms with Crippen LogP contribution < -0.4 is 0 Å². The average molecular weight is 206 g/mol. The summed E-state index contributed by atoms with van der Waals surface area (Å²) >= 11 is 0. The van der Waals surface area contributed by atoms with Gasteiger partial charge < -0.3 is 10.2 Å². The SMILES string of the molecule is CC(C)[C@H](O)[C@H](O)/C=C/c1ccccc1. The first-order valence-corrected chi connectivity index (χ1v) is 5.20. The molecule has 0 heterocycles. The van der Waals surface area contributed by atoms with E-state index in [0.29, 0.717) is 0 Å². The monoisotopic (exact) mass is 206 g/mol. The average Bonchev–Trinajstić information content (AvgIpc) is 2.26. The molecule has 0 aliphatic rings. The van der Waals surface area contributed by atoms with Crippen LogP contribution in [0.1, 0.15) is 19.4 Å². The molecule has 2 N–H and O–H groups in total. The Morgan fingerprint density at radius 3 is 2.20 bits per heavy atom. The Morgan fingerprint density at radius 2 is 1.67 bits per heavy atom. The lowest BCUT2D eigenvalue weighted by Gasteiger charge is -2.17. The Balaban J connectivity index is 2.58. The Kier molecular flexibility index (Phi) is 4.53. The van der Waals surface area contributed by atoms with Gasteiger partial charge in [-0.15, -0.1) is 0 Å². The van der Waals surface area contributed by atoms with Gasteiger partial charge in [-0.25, -0.2) is 0 Å². The first-order chi connectivity index (χ1) is 7.11. The Morgan fingerprint density at radius 1 is 1.07 bits per heavy atom. The van der Waals surface area contributed by atoms with Crippen LogP contribution in [0, 0.1) is 5.92 Å². The maximum absolute atomic E-state index is 9.61. The van der Waals surface area contributed by atoms with Gasteiger partial charge in [0, 0.05) is 0 Å². The second-order valence-electron chi connectivity index (χ2n) is 4.00. The molecule has 1 rings (SSSR count). The molecule has 0 fully saturated rings. The first-order valence-electron chi connectivity index (χ1n) is 5.20. The lowest BCUT2D eigenvalue weighted by atomic mass is 10.0. The summed E-state index contributed by atoms with van der Waals surface area (Å²) in [5.41, 5.74) is 1.02. The molecule has 0 unspecified atom stereocenters. The van der Waals surface area contributed by atoms with Crippen LogP contribution in [0.25, 0.3) is 6.08 Å². The Hall–Kier alpha value is -1.12. The fourth-order valence-electron chi connectivity index (χ4n) is 1.28. The highest BCUT2D eigenvalue weighted by atomic mass is 16.3. The molecule has 0 aliphatic heterocycles. The number of hydrogen-bond donors (Lipinski definition) is 2. The van der Waals surface area contributed by atoms with E-state index in [1.807, 2.05) is 50.3 Å². The van der Waals surface area contributed by atoms with Gasteiger partial charge >= 0.3 is 0 Å². The normalized spacial score (nSPS) is 15.8. The highest BCUT2D eigenvalue weighted by Crippen LogP contribution is 2.09. The van der Waals surface area contributed by atoms with Gasteiger partial charge in [-0.05, 0) is 11.5 Å². The largest absolute Gasteiger partial charge is 0.390 e. The quantitative estimate of drug-likeness (QED) is 0.791. The summed E-state index contributed by atoms with van der Waals surface area (Å²) in [6.07, 6.45) is 1.94. The maximum Gasteiger partial charge on any atom is 0.0985 e. The minimum atomic E-state index is -0.801. The van der Waals surface area contributed by atoms with Crippen molar-refractivity contribution >= 4 is 6.08 Å². The zero-order valence-corrected chi connectivity index (χ0v) is 9.17. The van der Waals surface area contributed by atoms with E-state index in [-0.39, 0.29) is 5.92 Å². The molecule has 82 valence electrons. The van der Waals surface area contributed by atoms with Crippen LogP contribution in [0.15, 0.2) is 36.4 Å². The van der Waals surface area contributed by atoms with E-state index >= 15 is 0 Å². The van der Waals surface area contributed by atoms with Crippen molar-refractivity contribution in [1.29, 1.82) is 0 Å². The molecule has 1 aromatic rings. The van der Waals surface area contributed by atoms with Gasteiger partial charge in [-0.1, -0.05) is 56.3 Å². The van der Waals surface area contributed by atoms with E-state index in [2.05, 4.69) is 0 Å². The van der Waals surface area contributed by atoms with E-state index in [1.165, 1.54) is 0 Å². The topological polar surface area (TPSA) is 40.5 Å². The molecule has 15 heavy (non-hydrogen) atoms. The van der Waals surface area contributed by atoms with Crippen LogP contribution in [0.2, 0.25) is 0 Å². The molecule has 0 amide bonds. The molecule has 0 aromatic heterocycles. The predicted molar refractivity (Wildman–Crippen MR) is 62.3 cm³/mol. The summed E-state index contributed by atoms with van der Waals surface area (Å²) in [5, 5.41) is 19.2. The van der Waals surface area contributed by atoms with Crippen LogP contribution in [-0.2, 0) is 0 Å². The van der Waals surface area contributed by atoms with Crippen LogP contribution in [0.4, 0.5) is 0 Å². The maximum atomic E-state index is 9.61. The smallest absolute Gasteiger partial charge is 0.0985 e. The van der Waals surface area contributed by atoms with Crippen molar-refractivity contribution in [3.8, 4) is 0 Å². The van der Waals surface area contributed by atoms with Gasteiger partial charge in [0.25, 0.3) is 0 Å². The van der Waals surface area contributed by atoms with Gasteiger partial charge in [0.1, 0.15) is 0 Å². The van der Waals surface area contributed by atoms with E-state index in [1.54, 1.807) is 6.08 Å². The summed E-state index contributed by atoms with van der Waals surface area (Å²) < 4.78 is 0. The first kappa shape index (κ1) is 12.0. The fourth-order valence-corrected chi connectivity index (χ4v) is 1.28. The van der Waals surface area contributed by atoms with Crippen molar-refractivity contribution in [2.24, 2.45) is 5.92 Å². The van der Waals surface area contributed by atoms with Crippen molar-refractivity contribution in [3.05, 3.63) is 42.0 Å². The highest BCUT2D eigenvalue weighted by molar-refractivity contribution is 5.49. The van der Waals surface area contributed by atoms with E-state index in [0.717, 1.165) is 5.56 Å². The van der Waals surface area contributed by atoms with E-state index in [9.17, 15) is 10.2 Å². The highest BCUT2D eigenvalue weighted by Gasteiger charge is 2.16. The van der Waals surface area contributed by atoms with Crippen LogP contribution in [0.3, 0.4) is 0 Å². The summed E-state index contributed by atoms with van der Waals surface area (Å²) in [6, 6.07) is 9.71. The fraction of sp³-hybridized carbons (Fsp3) is 0.385. The zero-order valence-electron chi connectivity index (χ0n) is 9.17. The minimum absolute atomic E-state index is 0.0559. The van der Waals surface area contributed by atoms with E-state index < -0.39 is 12.2 Å². The third-order valence-electron chi connectivity index (χ3n) is 2.32. The summed E-state index contributed by atoms with van der Waals surface area (Å²) in [6.45, 7) is 3.76. The molecular formula is C13H18O2. The third kappa shape index (κ3) is 3.86. The molecule has 0 spiro atoms. The van der Waals surface area contributed by atoms with Gasteiger partial charge in [-0.2, -0.15) is 0 Å². The molecule has 2 heteroatoms. The van der Waals surface area contributed by atoms with Crippen molar-refractivity contribution in [1.82, 2.24) is 0 Å². The molecule has 1 aromatic carbocycles. The summed E-state index contributed by atoms with van der Waals surface area (Å²) in [5.74, 6) is 0.0559. The molecule has 0 saturated heterocycles. The molecule has 0 saturated carbocycles. The Bertz CT molecular complexity index is 304. The van der Waals surface area contributed by atoms with Gasteiger partial charge in [-0.3, -0.25) is 0 Å². The van der Waals surface area contributed by atoms with Gasteiger partial charge in [0.15, 0.2) is 0 Å². The van der Waals surface area contributed by atoms with Crippen LogP contribution >= 0.6 is 0 Å². The van der Waals surface area contributed by atoms with Crippen molar-refractivity contribution in [3.63, 3.8) is 0 Å². The van der Waals surface area contributed by atoms with Gasteiger partial charge in [0.05, 0.1) is 12.2 Å². The van der Waals surface area contributed by atoms with Crippen molar-refractivity contribution in [2.75, 3.05) is 0 Å². The molecule has 2 nitrogen and oxygen atoms in total. The van der Waals surface area contributed by atoms with Crippen molar-refractivity contribution in [2.45, 2.75) is 26.1 Å². The summed E-state index contributed by atoms with van der Waals surface area (Å²) in [4.78, 5) is 0. The molecule has 2 atom stereocenters. The predicted octanol–water partition coefficient (Wildman–Crippen LogP) is 2.08. The summed E-state index contributed by atoms with van der Waals surface area (Å²) in [7, 11) is 0. The van der Waals surface area contributed by atoms with Crippen molar-refractivity contribution < 1.29 is 10.2 Å².